The molecule has 0 aromatic heterocycles. The van der Waals surface area contributed by atoms with Crippen molar-refractivity contribution in [2.75, 3.05) is 37.9 Å². The van der Waals surface area contributed by atoms with Crippen molar-refractivity contribution in [3.63, 3.8) is 0 Å². The number of benzene rings is 3. The van der Waals surface area contributed by atoms with Crippen LogP contribution in [0.4, 0.5) is 5.69 Å². The Morgan fingerprint density at radius 3 is 2.12 bits per heavy atom. The van der Waals surface area contributed by atoms with Gasteiger partial charge in [0.15, 0.2) is 11.5 Å². The first-order chi connectivity index (χ1) is 19.9. The number of nitrogens with zero attached hydrogens (tertiary/aromatic N) is 2. The molecule has 0 aliphatic rings. The quantitative estimate of drug-likeness (QED) is 0.270. The number of rotatable bonds is 14. The zero-order valence-corrected chi connectivity index (χ0v) is 26.9. The average molecular weight is 661 g/mol. The third kappa shape index (κ3) is 9.22. The van der Waals surface area contributed by atoms with Crippen LogP contribution in [0, 0.1) is 5.92 Å². The SMILES string of the molecule is COc1ccc(N(CC(=O)N(Cc2ccc(Br)cc2)[C@@H](Cc2ccccc2)C(=O)NCC(C)C)S(C)(=O)=O)cc1OC. The van der Waals surface area contributed by atoms with Gasteiger partial charge in [0.2, 0.25) is 21.8 Å². The van der Waals surface area contributed by atoms with E-state index in [1.165, 1.54) is 25.2 Å². The van der Waals surface area contributed by atoms with Gasteiger partial charge in [-0.15, -0.1) is 0 Å². The minimum absolute atomic E-state index is 0.0995. The van der Waals surface area contributed by atoms with Crippen LogP contribution < -0.4 is 19.1 Å². The summed E-state index contributed by atoms with van der Waals surface area (Å²) in [6.45, 7) is 4.00. The molecule has 0 saturated carbocycles. The molecule has 1 atom stereocenters. The van der Waals surface area contributed by atoms with E-state index in [4.69, 9.17) is 9.47 Å². The largest absolute Gasteiger partial charge is 0.493 e. The monoisotopic (exact) mass is 659 g/mol. The standard InChI is InChI=1S/C31H38BrN3O6S/c1-22(2)19-33-31(37)27(17-23-9-7-6-8-10-23)34(20-24-11-13-25(32)14-12-24)30(36)21-35(42(5,38)39)26-15-16-28(40-3)29(18-26)41-4/h6-16,18,22,27H,17,19-21H2,1-5H3,(H,33,37)/t27-/m0/s1. The van der Waals surface area contributed by atoms with Gasteiger partial charge >= 0.3 is 0 Å². The Hall–Kier alpha value is -3.57. The van der Waals surface area contributed by atoms with Crippen LogP contribution in [0.2, 0.25) is 0 Å². The molecular formula is C31H38BrN3O6S. The van der Waals surface area contributed by atoms with E-state index in [0.29, 0.717) is 18.0 Å². The van der Waals surface area contributed by atoms with Gasteiger partial charge in [0.1, 0.15) is 12.6 Å². The van der Waals surface area contributed by atoms with Gasteiger partial charge < -0.3 is 19.7 Å². The van der Waals surface area contributed by atoms with Crippen LogP contribution >= 0.6 is 15.9 Å². The van der Waals surface area contributed by atoms with Gasteiger partial charge in [0.25, 0.3) is 0 Å². The lowest BCUT2D eigenvalue weighted by Gasteiger charge is -2.33. The summed E-state index contributed by atoms with van der Waals surface area (Å²) < 4.78 is 38.6. The van der Waals surface area contributed by atoms with E-state index in [-0.39, 0.29) is 30.5 Å². The van der Waals surface area contributed by atoms with Gasteiger partial charge in [0, 0.05) is 30.0 Å². The molecule has 42 heavy (non-hydrogen) atoms. The zero-order valence-electron chi connectivity index (χ0n) is 24.5. The number of carbonyl (C=O) groups is 2. The number of carbonyl (C=O) groups excluding carboxylic acids is 2. The Morgan fingerprint density at radius 1 is 0.905 bits per heavy atom. The third-order valence-corrected chi connectivity index (χ3v) is 8.23. The summed E-state index contributed by atoms with van der Waals surface area (Å²) in [5, 5.41) is 2.97. The third-order valence-electron chi connectivity index (χ3n) is 6.56. The maximum absolute atomic E-state index is 14.2. The molecular weight excluding hydrogens is 622 g/mol. The highest BCUT2D eigenvalue weighted by Gasteiger charge is 2.33. The Morgan fingerprint density at radius 2 is 1.55 bits per heavy atom. The van der Waals surface area contributed by atoms with Crippen molar-refractivity contribution in [2.45, 2.75) is 32.9 Å². The molecule has 0 bridgehead atoms. The molecule has 0 aliphatic heterocycles. The van der Waals surface area contributed by atoms with Gasteiger partial charge in [-0.2, -0.15) is 0 Å². The normalized spacial score (nSPS) is 12.0. The van der Waals surface area contributed by atoms with Crippen LogP contribution in [0.5, 0.6) is 11.5 Å². The number of anilines is 1. The summed E-state index contributed by atoms with van der Waals surface area (Å²) in [4.78, 5) is 29.3. The second kappa shape index (κ2) is 15.1. The summed E-state index contributed by atoms with van der Waals surface area (Å²) in [7, 11) is -0.988. The van der Waals surface area contributed by atoms with Crippen molar-refractivity contribution in [3.05, 3.63) is 88.4 Å². The maximum atomic E-state index is 14.2. The van der Waals surface area contributed by atoms with E-state index in [9.17, 15) is 18.0 Å². The number of amides is 2. The molecule has 0 heterocycles. The molecule has 11 heteroatoms. The van der Waals surface area contributed by atoms with Gasteiger partial charge in [-0.25, -0.2) is 8.42 Å². The molecule has 1 N–H and O–H groups in total. The fraction of sp³-hybridized carbons (Fsp3) is 0.355. The van der Waals surface area contributed by atoms with Crippen molar-refractivity contribution in [3.8, 4) is 11.5 Å². The first kappa shape index (κ1) is 32.9. The van der Waals surface area contributed by atoms with Crippen molar-refractivity contribution < 1.29 is 27.5 Å². The Bertz CT molecular complexity index is 1450. The minimum atomic E-state index is -3.91. The molecule has 0 unspecified atom stereocenters. The minimum Gasteiger partial charge on any atom is -0.493 e. The van der Waals surface area contributed by atoms with Crippen molar-refractivity contribution in [1.82, 2.24) is 10.2 Å². The predicted molar refractivity (Wildman–Crippen MR) is 168 cm³/mol. The summed E-state index contributed by atoms with van der Waals surface area (Å²) >= 11 is 3.44. The van der Waals surface area contributed by atoms with Gasteiger partial charge in [-0.05, 0) is 41.3 Å². The predicted octanol–water partition coefficient (Wildman–Crippen LogP) is 4.64. The Balaban J connectivity index is 2.06. The molecule has 2 amide bonds. The van der Waals surface area contributed by atoms with Crippen molar-refractivity contribution in [2.24, 2.45) is 5.92 Å². The Kier molecular flexibility index (Phi) is 11.8. The number of hydrogen-bond donors (Lipinski definition) is 1. The molecule has 0 saturated heterocycles. The van der Waals surface area contributed by atoms with Crippen LogP contribution in [0.3, 0.4) is 0 Å². The number of nitrogens with one attached hydrogen (secondary N) is 1. The molecule has 3 rings (SSSR count). The highest BCUT2D eigenvalue weighted by molar-refractivity contribution is 9.10. The van der Waals surface area contributed by atoms with Crippen LogP contribution in [0.1, 0.15) is 25.0 Å². The van der Waals surface area contributed by atoms with Crippen LogP contribution in [-0.2, 0) is 32.6 Å². The lowest BCUT2D eigenvalue weighted by molar-refractivity contribution is -0.140. The summed E-state index contributed by atoms with van der Waals surface area (Å²) in [6, 6.07) is 20.6. The first-order valence-corrected chi connectivity index (χ1v) is 16.1. The summed E-state index contributed by atoms with van der Waals surface area (Å²) in [6.07, 6.45) is 1.29. The number of halogens is 1. The van der Waals surface area contributed by atoms with E-state index >= 15 is 0 Å². The molecule has 0 aliphatic carbocycles. The highest BCUT2D eigenvalue weighted by Crippen LogP contribution is 2.32. The second-order valence-electron chi connectivity index (χ2n) is 10.3. The number of sulfonamides is 1. The molecule has 0 fully saturated rings. The van der Waals surface area contributed by atoms with Crippen LogP contribution in [0.25, 0.3) is 0 Å². The second-order valence-corrected chi connectivity index (χ2v) is 13.1. The molecule has 226 valence electrons. The van der Waals surface area contributed by atoms with E-state index in [2.05, 4.69) is 21.2 Å². The van der Waals surface area contributed by atoms with Gasteiger partial charge in [0.05, 0.1) is 26.2 Å². The average Bonchev–Trinajstić information content (AvgIpc) is 2.96. The van der Waals surface area contributed by atoms with E-state index in [1.54, 1.807) is 12.1 Å². The lowest BCUT2D eigenvalue weighted by Crippen LogP contribution is -2.53. The number of methoxy groups -OCH3 is 2. The molecule has 3 aromatic carbocycles. The van der Waals surface area contributed by atoms with Gasteiger partial charge in [-0.1, -0.05) is 72.2 Å². The maximum Gasteiger partial charge on any atom is 0.244 e. The molecule has 3 aromatic rings. The topological polar surface area (TPSA) is 105 Å². The summed E-state index contributed by atoms with van der Waals surface area (Å²) in [5.74, 6) is 0.0991. The van der Waals surface area contributed by atoms with Gasteiger partial charge in [-0.3, -0.25) is 13.9 Å². The van der Waals surface area contributed by atoms with Crippen LogP contribution in [0.15, 0.2) is 77.3 Å². The molecule has 0 spiro atoms. The van der Waals surface area contributed by atoms with E-state index in [0.717, 1.165) is 26.2 Å². The number of hydrogen-bond acceptors (Lipinski definition) is 6. The van der Waals surface area contributed by atoms with E-state index < -0.39 is 28.5 Å². The van der Waals surface area contributed by atoms with E-state index in [1.807, 2.05) is 68.4 Å². The number of ether oxygens (including phenoxy) is 2. The molecule has 0 radical (unpaired) electrons. The van der Waals surface area contributed by atoms with Crippen LogP contribution in [-0.4, -0.2) is 64.7 Å². The van der Waals surface area contributed by atoms with Crippen molar-refractivity contribution in [1.29, 1.82) is 0 Å². The summed E-state index contributed by atoms with van der Waals surface area (Å²) in [5.41, 5.74) is 1.89. The zero-order chi connectivity index (χ0) is 30.9. The fourth-order valence-corrected chi connectivity index (χ4v) is 5.46. The Labute approximate surface area is 257 Å². The molecule has 9 nitrogen and oxygen atoms in total. The first-order valence-electron chi connectivity index (χ1n) is 13.5. The smallest absolute Gasteiger partial charge is 0.244 e. The van der Waals surface area contributed by atoms with Crippen molar-refractivity contribution >= 4 is 43.5 Å². The lowest BCUT2D eigenvalue weighted by atomic mass is 10.0. The fourth-order valence-electron chi connectivity index (χ4n) is 4.36. The highest BCUT2D eigenvalue weighted by atomic mass is 79.9.